The minimum atomic E-state index is 0.0249. The van der Waals surface area contributed by atoms with Gasteiger partial charge in [0.1, 0.15) is 13.1 Å². The van der Waals surface area contributed by atoms with Crippen molar-refractivity contribution in [2.45, 2.75) is 34.1 Å². The van der Waals surface area contributed by atoms with Crippen molar-refractivity contribution in [1.29, 1.82) is 0 Å². The molecule has 0 radical (unpaired) electrons. The van der Waals surface area contributed by atoms with Crippen LogP contribution in [0.4, 0.5) is 5.69 Å². The number of nitrogens with zero attached hydrogens (tertiary/aromatic N) is 2. The fourth-order valence-electron chi connectivity index (χ4n) is 2.86. The summed E-state index contributed by atoms with van der Waals surface area (Å²) < 4.78 is 2.39. The first-order chi connectivity index (χ1) is 9.95. The molecule has 0 aliphatic carbocycles. The molecule has 0 spiro atoms. The molecule has 0 aromatic heterocycles. The van der Waals surface area contributed by atoms with Gasteiger partial charge >= 0.3 is 0 Å². The van der Waals surface area contributed by atoms with Gasteiger partial charge in [-0.25, -0.2) is 4.58 Å². The lowest BCUT2D eigenvalue weighted by molar-refractivity contribution is -0.515. The highest BCUT2D eigenvalue weighted by Gasteiger charge is 2.37. The SMILES string of the molecule is CC[N+]1=C(C=CN(C(C)=O)c2ccccc2)C(C)(C)CC1. The van der Waals surface area contributed by atoms with Crippen molar-refractivity contribution in [2.24, 2.45) is 5.41 Å². The lowest BCUT2D eigenvalue weighted by Crippen LogP contribution is -2.26. The average Bonchev–Trinajstić information content (AvgIpc) is 2.75. The van der Waals surface area contributed by atoms with Crippen molar-refractivity contribution in [3.63, 3.8) is 0 Å². The lowest BCUT2D eigenvalue weighted by Gasteiger charge is -2.18. The fourth-order valence-corrected chi connectivity index (χ4v) is 2.86. The largest absolute Gasteiger partial charge is 0.288 e. The molecule has 21 heavy (non-hydrogen) atoms. The number of anilines is 1. The fraction of sp³-hybridized carbons (Fsp3) is 0.444. The molecule has 0 atom stereocenters. The molecule has 1 aliphatic heterocycles. The van der Waals surface area contributed by atoms with Gasteiger partial charge in [0, 0.05) is 31.3 Å². The van der Waals surface area contributed by atoms with E-state index in [0.29, 0.717) is 0 Å². The molecule has 1 aliphatic rings. The van der Waals surface area contributed by atoms with Gasteiger partial charge in [-0.15, -0.1) is 0 Å². The number of allylic oxidation sites excluding steroid dienone is 1. The van der Waals surface area contributed by atoms with Crippen molar-refractivity contribution in [2.75, 3.05) is 18.0 Å². The normalized spacial score (nSPS) is 17.5. The van der Waals surface area contributed by atoms with Gasteiger partial charge in [0.15, 0.2) is 5.71 Å². The number of rotatable bonds is 4. The summed E-state index contributed by atoms with van der Waals surface area (Å²) in [5.74, 6) is 0.0249. The molecule has 0 fully saturated rings. The van der Waals surface area contributed by atoms with E-state index in [1.807, 2.05) is 36.5 Å². The highest BCUT2D eigenvalue weighted by molar-refractivity contribution is 5.99. The lowest BCUT2D eigenvalue weighted by atomic mass is 9.86. The van der Waals surface area contributed by atoms with Crippen LogP contribution in [0.25, 0.3) is 0 Å². The van der Waals surface area contributed by atoms with Crippen LogP contribution >= 0.6 is 0 Å². The topological polar surface area (TPSA) is 23.3 Å². The summed E-state index contributed by atoms with van der Waals surface area (Å²) in [5.41, 5.74) is 2.39. The van der Waals surface area contributed by atoms with E-state index in [0.717, 1.165) is 25.2 Å². The van der Waals surface area contributed by atoms with Crippen LogP contribution in [0.15, 0.2) is 42.6 Å². The summed E-state index contributed by atoms with van der Waals surface area (Å²) in [4.78, 5) is 13.6. The smallest absolute Gasteiger partial charge is 0.227 e. The van der Waals surface area contributed by atoms with E-state index < -0.39 is 0 Å². The molecule has 0 bridgehead atoms. The Bertz CT molecular complexity index is 570. The van der Waals surface area contributed by atoms with Crippen molar-refractivity contribution in [1.82, 2.24) is 0 Å². The molecular formula is C18H25N2O+. The van der Waals surface area contributed by atoms with E-state index in [1.165, 1.54) is 5.71 Å². The third-order valence-electron chi connectivity index (χ3n) is 4.18. The van der Waals surface area contributed by atoms with E-state index in [-0.39, 0.29) is 11.3 Å². The van der Waals surface area contributed by atoms with Gasteiger partial charge in [-0.3, -0.25) is 9.69 Å². The van der Waals surface area contributed by atoms with Gasteiger partial charge in [0.2, 0.25) is 5.91 Å². The maximum atomic E-state index is 11.9. The number of benzene rings is 1. The van der Waals surface area contributed by atoms with E-state index >= 15 is 0 Å². The summed E-state index contributed by atoms with van der Waals surface area (Å²) >= 11 is 0. The van der Waals surface area contributed by atoms with Crippen molar-refractivity contribution >= 4 is 17.3 Å². The Balaban J connectivity index is 2.31. The molecule has 0 saturated carbocycles. The number of hydrogen-bond acceptors (Lipinski definition) is 1. The van der Waals surface area contributed by atoms with E-state index in [1.54, 1.807) is 11.8 Å². The van der Waals surface area contributed by atoms with Crippen LogP contribution in [-0.4, -0.2) is 29.3 Å². The Morgan fingerprint density at radius 1 is 1.33 bits per heavy atom. The van der Waals surface area contributed by atoms with Crippen molar-refractivity contribution in [3.05, 3.63) is 42.6 Å². The monoisotopic (exact) mass is 285 g/mol. The van der Waals surface area contributed by atoms with E-state index in [2.05, 4.69) is 31.4 Å². The van der Waals surface area contributed by atoms with Crippen molar-refractivity contribution in [3.8, 4) is 0 Å². The Morgan fingerprint density at radius 3 is 2.57 bits per heavy atom. The van der Waals surface area contributed by atoms with Gasteiger partial charge in [-0.2, -0.15) is 0 Å². The van der Waals surface area contributed by atoms with Crippen molar-refractivity contribution < 1.29 is 9.37 Å². The molecule has 1 heterocycles. The molecule has 1 amide bonds. The van der Waals surface area contributed by atoms with Crippen LogP contribution in [0.3, 0.4) is 0 Å². The minimum Gasteiger partial charge on any atom is -0.288 e. The molecule has 112 valence electrons. The number of carbonyl (C=O) groups is 1. The van der Waals surface area contributed by atoms with Gasteiger partial charge in [0.25, 0.3) is 0 Å². The average molecular weight is 285 g/mol. The molecule has 1 aromatic rings. The number of amides is 1. The molecule has 0 unspecified atom stereocenters. The first kappa shape index (κ1) is 15.5. The quantitative estimate of drug-likeness (QED) is 0.777. The Morgan fingerprint density at radius 2 is 2.00 bits per heavy atom. The van der Waals surface area contributed by atoms with Gasteiger partial charge in [-0.1, -0.05) is 18.2 Å². The van der Waals surface area contributed by atoms with Gasteiger partial charge in [-0.05, 0) is 32.9 Å². The number of para-hydroxylation sites is 1. The first-order valence-electron chi connectivity index (χ1n) is 7.61. The zero-order chi connectivity index (χ0) is 15.5. The second-order valence-corrected chi connectivity index (χ2v) is 6.14. The first-order valence-corrected chi connectivity index (χ1v) is 7.61. The van der Waals surface area contributed by atoms with Gasteiger partial charge in [0.05, 0.1) is 5.41 Å². The summed E-state index contributed by atoms with van der Waals surface area (Å²) in [5, 5.41) is 0. The Hall–Kier alpha value is -1.90. The van der Waals surface area contributed by atoms with Gasteiger partial charge < -0.3 is 0 Å². The molecule has 0 saturated heterocycles. The third kappa shape index (κ3) is 3.41. The summed E-state index contributed by atoms with van der Waals surface area (Å²) in [7, 11) is 0. The number of carbonyl (C=O) groups excluding carboxylic acids is 1. The molecule has 3 heteroatoms. The number of hydrogen-bond donors (Lipinski definition) is 0. The Kier molecular flexibility index (Phi) is 4.61. The van der Waals surface area contributed by atoms with E-state index in [4.69, 9.17) is 0 Å². The van der Waals surface area contributed by atoms with Crippen LogP contribution in [0.1, 0.15) is 34.1 Å². The van der Waals surface area contributed by atoms with Crippen LogP contribution in [-0.2, 0) is 4.79 Å². The zero-order valence-corrected chi connectivity index (χ0v) is 13.5. The second-order valence-electron chi connectivity index (χ2n) is 6.14. The molecular weight excluding hydrogens is 260 g/mol. The minimum absolute atomic E-state index is 0.0249. The standard InChI is InChI=1S/C18H25N2O/c1-5-19-14-12-18(3,4)17(19)11-13-20(15(2)21)16-9-7-6-8-10-16/h6-11,13H,5,12,14H2,1-4H3/q+1. The second kappa shape index (κ2) is 6.25. The summed E-state index contributed by atoms with van der Waals surface area (Å²) in [6.07, 6.45) is 5.17. The zero-order valence-electron chi connectivity index (χ0n) is 13.5. The van der Waals surface area contributed by atoms with E-state index in [9.17, 15) is 4.79 Å². The molecule has 0 N–H and O–H groups in total. The van der Waals surface area contributed by atoms with Crippen LogP contribution < -0.4 is 4.90 Å². The highest BCUT2D eigenvalue weighted by Crippen LogP contribution is 2.28. The van der Waals surface area contributed by atoms with Crippen LogP contribution in [0, 0.1) is 5.41 Å². The predicted molar refractivity (Wildman–Crippen MR) is 87.8 cm³/mol. The summed E-state index contributed by atoms with van der Waals surface area (Å²) in [6.45, 7) is 10.4. The summed E-state index contributed by atoms with van der Waals surface area (Å²) in [6, 6.07) is 9.76. The predicted octanol–water partition coefficient (Wildman–Crippen LogP) is 3.46. The van der Waals surface area contributed by atoms with Crippen LogP contribution in [0.2, 0.25) is 0 Å². The maximum absolute atomic E-state index is 11.9. The highest BCUT2D eigenvalue weighted by atomic mass is 16.2. The maximum Gasteiger partial charge on any atom is 0.227 e. The molecule has 1 aromatic carbocycles. The molecule has 3 nitrogen and oxygen atoms in total. The third-order valence-corrected chi connectivity index (χ3v) is 4.18. The van der Waals surface area contributed by atoms with Crippen LogP contribution in [0.5, 0.6) is 0 Å². The Labute approximate surface area is 127 Å². The molecule has 2 rings (SSSR count).